The summed E-state index contributed by atoms with van der Waals surface area (Å²) in [5.41, 5.74) is 0. The molecule has 164 valence electrons. The molecule has 0 aromatic carbocycles. The first-order valence-corrected chi connectivity index (χ1v) is 8.68. The first kappa shape index (κ1) is 28.2. The first-order chi connectivity index (χ1) is 12.6. The minimum Gasteiger partial charge on any atom is -0.480 e. The molecule has 0 amide bonds. The van der Waals surface area contributed by atoms with E-state index in [0.717, 1.165) is 12.8 Å². The maximum atomic E-state index is 11.1. The van der Waals surface area contributed by atoms with Gasteiger partial charge < -0.3 is 20.4 Å². The van der Waals surface area contributed by atoms with E-state index in [9.17, 15) is 19.2 Å². The van der Waals surface area contributed by atoms with Gasteiger partial charge in [-0.15, -0.1) is 0 Å². The molecule has 0 aromatic heterocycles. The van der Waals surface area contributed by atoms with Gasteiger partial charge in [-0.05, 0) is 23.9 Å². The molecule has 0 unspecified atom stereocenters. The maximum absolute atomic E-state index is 11.1. The second-order valence-corrected chi connectivity index (χ2v) is 6.19. The second-order valence-electron chi connectivity index (χ2n) is 6.19. The number of hydrogen-bond acceptors (Lipinski definition) is 7. The highest BCUT2D eigenvalue weighted by molar-refractivity contribution is 5.75. The molecule has 11 nitrogen and oxygen atoms in total. The SMILES string of the molecule is CCCCN(CCN(CCN(CC(=O)O)CC(=O)O)CC(=O)O)CC(=O)O.[SiH4]. The van der Waals surface area contributed by atoms with Gasteiger partial charge in [-0.2, -0.15) is 0 Å². The van der Waals surface area contributed by atoms with Crippen LogP contribution in [0.25, 0.3) is 0 Å². The van der Waals surface area contributed by atoms with Crippen LogP contribution in [-0.4, -0.2) is 129 Å². The average Bonchev–Trinajstić information content (AvgIpc) is 2.52. The number of carbonyl (C=O) groups is 4. The zero-order chi connectivity index (χ0) is 20.8. The fraction of sp³-hybridized carbons (Fsp3) is 0.750. The van der Waals surface area contributed by atoms with E-state index < -0.39 is 37.0 Å². The number of nitrogens with zero attached hydrogens (tertiary/aromatic N) is 3. The van der Waals surface area contributed by atoms with Crippen LogP contribution in [0.3, 0.4) is 0 Å². The van der Waals surface area contributed by atoms with E-state index in [1.165, 1.54) is 4.90 Å². The summed E-state index contributed by atoms with van der Waals surface area (Å²) in [7, 11) is 0. The zero-order valence-corrected chi connectivity index (χ0v) is 15.5. The lowest BCUT2D eigenvalue weighted by Crippen LogP contribution is -2.44. The van der Waals surface area contributed by atoms with E-state index >= 15 is 0 Å². The third-order valence-electron chi connectivity index (χ3n) is 3.73. The molecule has 0 aliphatic carbocycles. The number of carboxylic acid groups (broad SMARTS) is 4. The highest BCUT2D eigenvalue weighted by atomic mass is 28.1. The molecule has 4 N–H and O–H groups in total. The Kier molecular flexibility index (Phi) is 16.1. The third kappa shape index (κ3) is 16.2. The van der Waals surface area contributed by atoms with E-state index in [0.29, 0.717) is 13.1 Å². The fourth-order valence-corrected chi connectivity index (χ4v) is 2.47. The Bertz CT molecular complexity index is 490. The van der Waals surface area contributed by atoms with Gasteiger partial charge in [0.25, 0.3) is 0 Å². The van der Waals surface area contributed by atoms with Crippen LogP contribution in [-0.2, 0) is 19.2 Å². The number of rotatable bonds is 17. The van der Waals surface area contributed by atoms with Gasteiger partial charge in [0.05, 0.1) is 26.2 Å². The van der Waals surface area contributed by atoms with E-state index in [1.807, 2.05) is 6.92 Å². The second kappa shape index (κ2) is 16.0. The summed E-state index contributed by atoms with van der Waals surface area (Å²) in [6.45, 7) is 2.02. The Hall–Kier alpha value is -2.02. The summed E-state index contributed by atoms with van der Waals surface area (Å²) in [6, 6.07) is 0. The van der Waals surface area contributed by atoms with Crippen LogP contribution in [0.15, 0.2) is 0 Å². The molecule has 0 bridgehead atoms. The van der Waals surface area contributed by atoms with Crippen molar-refractivity contribution in [2.75, 3.05) is 58.9 Å². The molecule has 0 spiro atoms. The number of carboxylic acids is 4. The number of hydrogen-bond donors (Lipinski definition) is 4. The molecule has 0 aromatic rings. The smallest absolute Gasteiger partial charge is 0.317 e. The van der Waals surface area contributed by atoms with Crippen molar-refractivity contribution in [3.8, 4) is 0 Å². The van der Waals surface area contributed by atoms with Crippen LogP contribution >= 0.6 is 0 Å². The highest BCUT2D eigenvalue weighted by Gasteiger charge is 2.18. The predicted molar refractivity (Wildman–Crippen MR) is 106 cm³/mol. The third-order valence-corrected chi connectivity index (χ3v) is 3.73. The highest BCUT2D eigenvalue weighted by Crippen LogP contribution is 1.99. The van der Waals surface area contributed by atoms with Crippen LogP contribution in [0.4, 0.5) is 0 Å². The van der Waals surface area contributed by atoms with E-state index in [1.54, 1.807) is 9.80 Å². The Labute approximate surface area is 168 Å². The molecule has 12 heteroatoms. The maximum Gasteiger partial charge on any atom is 0.317 e. The van der Waals surface area contributed by atoms with Gasteiger partial charge in [-0.1, -0.05) is 13.3 Å². The van der Waals surface area contributed by atoms with Crippen LogP contribution in [0.2, 0.25) is 0 Å². The van der Waals surface area contributed by atoms with Crippen molar-refractivity contribution in [2.45, 2.75) is 19.8 Å². The van der Waals surface area contributed by atoms with E-state index in [-0.39, 0.29) is 43.7 Å². The lowest BCUT2D eigenvalue weighted by Gasteiger charge is -2.27. The molecule has 0 aliphatic rings. The molecule has 0 atom stereocenters. The van der Waals surface area contributed by atoms with Gasteiger partial charge >= 0.3 is 23.9 Å². The van der Waals surface area contributed by atoms with Gasteiger partial charge in [0.2, 0.25) is 0 Å². The Morgan fingerprint density at radius 1 is 0.571 bits per heavy atom. The van der Waals surface area contributed by atoms with Gasteiger partial charge in [0.1, 0.15) is 0 Å². The van der Waals surface area contributed by atoms with Crippen molar-refractivity contribution >= 4 is 34.8 Å². The minimum absolute atomic E-state index is 0. The van der Waals surface area contributed by atoms with Crippen LogP contribution in [0, 0.1) is 0 Å². The lowest BCUT2D eigenvalue weighted by atomic mass is 10.3. The van der Waals surface area contributed by atoms with Crippen molar-refractivity contribution in [1.29, 1.82) is 0 Å². The van der Waals surface area contributed by atoms with Crippen LogP contribution in [0.1, 0.15) is 19.8 Å². The monoisotopic (exact) mass is 423 g/mol. The van der Waals surface area contributed by atoms with Crippen molar-refractivity contribution in [3.63, 3.8) is 0 Å². The summed E-state index contributed by atoms with van der Waals surface area (Å²) in [6.07, 6.45) is 1.71. The topological polar surface area (TPSA) is 159 Å². The molecule has 0 aliphatic heterocycles. The molecule has 0 heterocycles. The molecule has 0 radical (unpaired) electrons. The summed E-state index contributed by atoms with van der Waals surface area (Å²) in [5, 5.41) is 35.7. The van der Waals surface area contributed by atoms with E-state index in [4.69, 9.17) is 20.4 Å². The molecule has 0 rings (SSSR count). The minimum atomic E-state index is -1.17. The summed E-state index contributed by atoms with van der Waals surface area (Å²) in [5.74, 6) is -4.39. The summed E-state index contributed by atoms with van der Waals surface area (Å²) < 4.78 is 0. The quantitative estimate of drug-likeness (QED) is 0.184. The van der Waals surface area contributed by atoms with Crippen molar-refractivity contribution in [1.82, 2.24) is 14.7 Å². The molecular formula is C16H33N3O8Si. The van der Waals surface area contributed by atoms with Crippen LogP contribution in [0.5, 0.6) is 0 Å². The number of unbranched alkanes of at least 4 members (excludes halogenated alkanes) is 1. The van der Waals surface area contributed by atoms with Gasteiger partial charge in [-0.3, -0.25) is 33.9 Å². The Balaban J connectivity index is 0. The Morgan fingerprint density at radius 2 is 0.857 bits per heavy atom. The summed E-state index contributed by atoms with van der Waals surface area (Å²) in [4.78, 5) is 48.1. The first-order valence-electron chi connectivity index (χ1n) is 8.68. The molecule has 28 heavy (non-hydrogen) atoms. The normalized spacial score (nSPS) is 10.9. The number of aliphatic carboxylic acids is 4. The van der Waals surface area contributed by atoms with Crippen molar-refractivity contribution < 1.29 is 39.6 Å². The lowest BCUT2D eigenvalue weighted by molar-refractivity contribution is -0.143. The average molecular weight is 424 g/mol. The van der Waals surface area contributed by atoms with Gasteiger partial charge in [0, 0.05) is 26.2 Å². The molecule has 0 saturated heterocycles. The predicted octanol–water partition coefficient (Wildman–Crippen LogP) is -2.42. The van der Waals surface area contributed by atoms with Crippen molar-refractivity contribution in [3.05, 3.63) is 0 Å². The van der Waals surface area contributed by atoms with Gasteiger partial charge in [-0.25, -0.2) is 0 Å². The zero-order valence-electron chi connectivity index (χ0n) is 15.5. The largest absolute Gasteiger partial charge is 0.480 e. The summed E-state index contributed by atoms with van der Waals surface area (Å²) >= 11 is 0. The fourth-order valence-electron chi connectivity index (χ4n) is 2.47. The molecule has 0 saturated carbocycles. The van der Waals surface area contributed by atoms with Crippen molar-refractivity contribution in [2.24, 2.45) is 0 Å². The van der Waals surface area contributed by atoms with Gasteiger partial charge in [0.15, 0.2) is 0 Å². The van der Waals surface area contributed by atoms with E-state index in [2.05, 4.69) is 0 Å². The molecular weight excluding hydrogens is 390 g/mol. The molecule has 0 fully saturated rings. The Morgan fingerprint density at radius 3 is 1.18 bits per heavy atom. The standard InChI is InChI=1S/C16H29N3O8.H4Si/c1-2-3-4-17(9-13(20)21)5-6-18(10-14(22)23)7-8-19(11-15(24)25)12-16(26)27;/h2-12H2,1H3,(H,20,21)(H,22,23)(H,24,25)(H,26,27);1H4. The van der Waals surface area contributed by atoms with Crippen LogP contribution < -0.4 is 0 Å².